The Morgan fingerprint density at radius 2 is 2.33 bits per heavy atom. The topological polar surface area (TPSA) is 9.23 Å². The first-order chi connectivity index (χ1) is 2.91. The minimum atomic E-state index is 0.684. The van der Waals surface area contributed by atoms with E-state index in [-0.39, 0.29) is 0 Å². The van der Waals surface area contributed by atoms with Gasteiger partial charge in [-0.05, 0) is 13.3 Å². The van der Waals surface area contributed by atoms with E-state index in [2.05, 4.69) is 18.2 Å². The third kappa shape index (κ3) is 3.54. The Bertz CT molecular complexity index is 32.9. The summed E-state index contributed by atoms with van der Waals surface area (Å²) in [5, 5.41) is 0. The van der Waals surface area contributed by atoms with E-state index in [4.69, 9.17) is 0 Å². The lowest BCUT2D eigenvalue weighted by Crippen LogP contribution is -1.79. The van der Waals surface area contributed by atoms with Crippen LogP contribution in [0.3, 0.4) is 0 Å². The van der Waals surface area contributed by atoms with E-state index in [0.717, 1.165) is 6.42 Å². The summed E-state index contributed by atoms with van der Waals surface area (Å²) < 4.78 is 4.68. The molecule has 0 fully saturated rings. The van der Waals surface area contributed by atoms with E-state index in [1.165, 1.54) is 6.26 Å². The Hall–Kier alpha value is -0.460. The van der Waals surface area contributed by atoms with Gasteiger partial charge in [-0.1, -0.05) is 6.58 Å². The lowest BCUT2D eigenvalue weighted by atomic mass is 10.5. The van der Waals surface area contributed by atoms with E-state index in [0.29, 0.717) is 6.61 Å². The Morgan fingerprint density at radius 1 is 1.67 bits per heavy atom. The van der Waals surface area contributed by atoms with Gasteiger partial charge < -0.3 is 4.74 Å². The van der Waals surface area contributed by atoms with Gasteiger partial charge in [-0.3, -0.25) is 0 Å². The molecule has 6 heavy (non-hydrogen) atoms. The highest BCUT2D eigenvalue weighted by molar-refractivity contribution is 4.48. The van der Waals surface area contributed by atoms with Gasteiger partial charge in [0.15, 0.2) is 0 Å². The molecule has 0 aliphatic carbocycles. The third-order valence-corrected chi connectivity index (χ3v) is 0.380. The molecule has 0 spiro atoms. The summed E-state index contributed by atoms with van der Waals surface area (Å²) in [6.07, 6.45) is 2.23. The van der Waals surface area contributed by atoms with Crippen molar-refractivity contribution in [2.75, 3.05) is 6.61 Å². The Kier molecular flexibility index (Phi) is 4.19. The van der Waals surface area contributed by atoms with Crippen LogP contribution >= 0.6 is 0 Å². The molecule has 0 amide bonds. The second kappa shape index (κ2) is 4.54. The Balaban J connectivity index is 2.49. The number of hydrogen-bond donors (Lipinski definition) is 0. The molecule has 1 radical (unpaired) electrons. The highest BCUT2D eigenvalue weighted by Crippen LogP contribution is 1.75. The van der Waals surface area contributed by atoms with Gasteiger partial charge in [0.25, 0.3) is 0 Å². The van der Waals surface area contributed by atoms with E-state index < -0.39 is 0 Å². The van der Waals surface area contributed by atoms with Crippen molar-refractivity contribution in [2.45, 2.75) is 6.42 Å². The molecule has 0 aromatic rings. The van der Waals surface area contributed by atoms with Gasteiger partial charge in [-0.2, -0.15) is 0 Å². The summed E-state index contributed by atoms with van der Waals surface area (Å²) in [7, 11) is 0. The van der Waals surface area contributed by atoms with E-state index in [9.17, 15) is 0 Å². The highest BCUT2D eigenvalue weighted by atomic mass is 16.5. The minimum absolute atomic E-state index is 0.684. The molecule has 0 aromatic heterocycles. The quantitative estimate of drug-likeness (QED) is 0.371. The van der Waals surface area contributed by atoms with Crippen LogP contribution in [0, 0.1) is 6.92 Å². The van der Waals surface area contributed by atoms with Gasteiger partial charge in [-0.15, -0.1) is 0 Å². The first-order valence-corrected chi connectivity index (χ1v) is 1.93. The Morgan fingerprint density at radius 3 is 2.50 bits per heavy atom. The van der Waals surface area contributed by atoms with Crippen LogP contribution in [0.2, 0.25) is 0 Å². The highest BCUT2D eigenvalue weighted by Gasteiger charge is 1.68. The van der Waals surface area contributed by atoms with E-state index >= 15 is 0 Å². The largest absolute Gasteiger partial charge is 0.502 e. The van der Waals surface area contributed by atoms with Crippen molar-refractivity contribution in [1.29, 1.82) is 0 Å². The third-order valence-electron chi connectivity index (χ3n) is 0.380. The van der Waals surface area contributed by atoms with Gasteiger partial charge in [0.05, 0.1) is 12.9 Å². The molecule has 0 rings (SSSR count). The van der Waals surface area contributed by atoms with Gasteiger partial charge in [-0.25, -0.2) is 0 Å². The van der Waals surface area contributed by atoms with Crippen molar-refractivity contribution in [1.82, 2.24) is 0 Å². The van der Waals surface area contributed by atoms with Crippen LogP contribution in [0.4, 0.5) is 0 Å². The predicted octanol–water partition coefficient (Wildman–Crippen LogP) is 1.37. The molecule has 0 aliphatic rings. The molecule has 0 bridgehead atoms. The Labute approximate surface area is 38.6 Å². The zero-order valence-electron chi connectivity index (χ0n) is 3.81. The van der Waals surface area contributed by atoms with Crippen molar-refractivity contribution >= 4 is 0 Å². The standard InChI is InChI=1S/C5H9O/c1-3-5-6-4-2/h4H,1-3,5H2. The van der Waals surface area contributed by atoms with Gasteiger partial charge >= 0.3 is 0 Å². The zero-order valence-corrected chi connectivity index (χ0v) is 3.81. The summed E-state index contributed by atoms with van der Waals surface area (Å²) in [6.45, 7) is 7.58. The molecule has 0 atom stereocenters. The molecule has 0 N–H and O–H groups in total. The normalized spacial score (nSPS) is 7.50. The molecule has 1 heteroatoms. The van der Waals surface area contributed by atoms with Crippen molar-refractivity contribution < 1.29 is 4.74 Å². The molecular formula is C5H9O. The summed E-state index contributed by atoms with van der Waals surface area (Å²) in [5.74, 6) is 0. The zero-order chi connectivity index (χ0) is 4.83. The van der Waals surface area contributed by atoms with Crippen LogP contribution in [0.25, 0.3) is 0 Å². The fourth-order valence-corrected chi connectivity index (χ4v) is 0.167. The van der Waals surface area contributed by atoms with Crippen LogP contribution in [0.15, 0.2) is 12.8 Å². The first kappa shape index (κ1) is 5.54. The summed E-state index contributed by atoms with van der Waals surface area (Å²) in [5.41, 5.74) is 0. The second-order valence-electron chi connectivity index (χ2n) is 0.891. The first-order valence-electron chi connectivity index (χ1n) is 1.93. The maximum absolute atomic E-state index is 4.68. The average molecular weight is 85.1 g/mol. The van der Waals surface area contributed by atoms with Crippen molar-refractivity contribution in [3.05, 3.63) is 19.8 Å². The second-order valence-corrected chi connectivity index (χ2v) is 0.891. The predicted molar refractivity (Wildman–Crippen MR) is 26.1 cm³/mol. The molecule has 0 saturated carbocycles. The van der Waals surface area contributed by atoms with Gasteiger partial charge in [0, 0.05) is 0 Å². The van der Waals surface area contributed by atoms with Gasteiger partial charge in [0.1, 0.15) is 0 Å². The maximum atomic E-state index is 4.68. The lowest BCUT2D eigenvalue weighted by molar-refractivity contribution is 0.257. The average Bonchev–Trinajstić information content (AvgIpc) is 1.61. The smallest absolute Gasteiger partial charge is 0.0873 e. The molecule has 0 saturated heterocycles. The fourth-order valence-electron chi connectivity index (χ4n) is 0.167. The van der Waals surface area contributed by atoms with Crippen LogP contribution in [0.5, 0.6) is 0 Å². The number of rotatable bonds is 3. The van der Waals surface area contributed by atoms with Crippen LogP contribution in [0.1, 0.15) is 6.42 Å². The lowest BCUT2D eigenvalue weighted by Gasteiger charge is -1.90. The molecule has 1 nitrogen and oxygen atoms in total. The van der Waals surface area contributed by atoms with Crippen molar-refractivity contribution in [3.8, 4) is 0 Å². The SMILES string of the molecule is [CH2]CCOC=C. The molecule has 35 valence electrons. The molecular weight excluding hydrogens is 76.1 g/mol. The summed E-state index contributed by atoms with van der Waals surface area (Å²) in [4.78, 5) is 0. The van der Waals surface area contributed by atoms with Gasteiger partial charge in [0.2, 0.25) is 0 Å². The summed E-state index contributed by atoms with van der Waals surface area (Å²) >= 11 is 0. The maximum Gasteiger partial charge on any atom is 0.0873 e. The molecule has 0 aliphatic heterocycles. The fraction of sp³-hybridized carbons (Fsp3) is 0.400. The minimum Gasteiger partial charge on any atom is -0.502 e. The monoisotopic (exact) mass is 85.1 g/mol. The van der Waals surface area contributed by atoms with E-state index in [1.807, 2.05) is 0 Å². The number of ether oxygens (including phenoxy) is 1. The number of hydrogen-bond acceptors (Lipinski definition) is 1. The van der Waals surface area contributed by atoms with Crippen LogP contribution in [-0.2, 0) is 4.74 Å². The van der Waals surface area contributed by atoms with Crippen molar-refractivity contribution in [2.24, 2.45) is 0 Å². The summed E-state index contributed by atoms with van der Waals surface area (Å²) in [6, 6.07) is 0. The molecule has 0 aromatic carbocycles. The molecule has 0 heterocycles. The van der Waals surface area contributed by atoms with E-state index in [1.54, 1.807) is 0 Å². The van der Waals surface area contributed by atoms with Crippen LogP contribution < -0.4 is 0 Å². The van der Waals surface area contributed by atoms with Crippen LogP contribution in [-0.4, -0.2) is 6.61 Å². The molecule has 0 unspecified atom stereocenters. The van der Waals surface area contributed by atoms with Crippen molar-refractivity contribution in [3.63, 3.8) is 0 Å².